The van der Waals surface area contributed by atoms with E-state index in [9.17, 15) is 9.59 Å². The summed E-state index contributed by atoms with van der Waals surface area (Å²) in [4.78, 5) is 31.5. The van der Waals surface area contributed by atoms with Crippen molar-refractivity contribution < 1.29 is 9.59 Å². The number of imide groups is 1. The van der Waals surface area contributed by atoms with Crippen molar-refractivity contribution in [2.24, 2.45) is 5.92 Å². The van der Waals surface area contributed by atoms with Crippen molar-refractivity contribution in [3.8, 4) is 0 Å². The molecule has 4 rings (SSSR count). The number of halogens is 1. The van der Waals surface area contributed by atoms with Crippen molar-refractivity contribution in [2.45, 2.75) is 19.3 Å². The maximum Gasteiger partial charge on any atom is 0.234 e. The standard InChI is InChI=1S/C23H26ClN3O2/c1-17(18-5-3-2-4-6-18)21-15-22(28)27(23(21)29)16-25-11-13-26(14-12-25)20-9-7-19(24)8-10-20/h2-10,17,21H,11-16H2,1H3. The molecule has 152 valence electrons. The smallest absolute Gasteiger partial charge is 0.234 e. The molecule has 2 aliphatic rings. The van der Waals surface area contributed by atoms with Gasteiger partial charge in [0.1, 0.15) is 0 Å². The van der Waals surface area contributed by atoms with E-state index >= 15 is 0 Å². The number of hydrogen-bond acceptors (Lipinski definition) is 4. The van der Waals surface area contributed by atoms with Gasteiger partial charge in [-0.2, -0.15) is 0 Å². The molecule has 0 spiro atoms. The van der Waals surface area contributed by atoms with Gasteiger partial charge >= 0.3 is 0 Å². The lowest BCUT2D eigenvalue weighted by molar-refractivity contribution is -0.142. The predicted molar refractivity (Wildman–Crippen MR) is 115 cm³/mol. The Labute approximate surface area is 176 Å². The second-order valence-corrected chi connectivity index (χ2v) is 8.33. The van der Waals surface area contributed by atoms with E-state index in [0.717, 1.165) is 42.5 Å². The van der Waals surface area contributed by atoms with Gasteiger partial charge in [-0.1, -0.05) is 48.9 Å². The molecule has 0 radical (unpaired) electrons. The molecule has 0 saturated carbocycles. The van der Waals surface area contributed by atoms with Gasteiger partial charge in [-0.05, 0) is 35.7 Å². The summed E-state index contributed by atoms with van der Waals surface area (Å²) in [5.74, 6) is -0.311. The van der Waals surface area contributed by atoms with Crippen LogP contribution in [-0.4, -0.2) is 54.5 Å². The van der Waals surface area contributed by atoms with Crippen molar-refractivity contribution in [1.29, 1.82) is 0 Å². The van der Waals surface area contributed by atoms with Crippen LogP contribution in [0.1, 0.15) is 24.8 Å². The van der Waals surface area contributed by atoms with Crippen LogP contribution in [0.15, 0.2) is 54.6 Å². The number of piperazine rings is 1. The Kier molecular flexibility index (Phi) is 5.88. The molecule has 5 nitrogen and oxygen atoms in total. The number of nitrogens with zero attached hydrogens (tertiary/aromatic N) is 3. The predicted octanol–water partition coefficient (Wildman–Crippen LogP) is 3.60. The highest BCUT2D eigenvalue weighted by Gasteiger charge is 2.42. The zero-order chi connectivity index (χ0) is 20.4. The molecule has 29 heavy (non-hydrogen) atoms. The summed E-state index contributed by atoms with van der Waals surface area (Å²) in [6, 6.07) is 17.8. The summed E-state index contributed by atoms with van der Waals surface area (Å²) in [7, 11) is 0. The number of carbonyl (C=O) groups excluding carboxylic acids is 2. The van der Waals surface area contributed by atoms with E-state index in [1.54, 1.807) is 0 Å². The molecular weight excluding hydrogens is 386 g/mol. The van der Waals surface area contributed by atoms with Crippen molar-refractivity contribution in [3.63, 3.8) is 0 Å². The minimum atomic E-state index is -0.264. The Morgan fingerprint density at radius 2 is 1.62 bits per heavy atom. The quantitative estimate of drug-likeness (QED) is 0.705. The fourth-order valence-corrected chi connectivity index (χ4v) is 4.36. The van der Waals surface area contributed by atoms with Crippen LogP contribution >= 0.6 is 11.6 Å². The molecule has 2 saturated heterocycles. The van der Waals surface area contributed by atoms with Crippen LogP contribution in [0.2, 0.25) is 5.02 Å². The Morgan fingerprint density at radius 1 is 0.966 bits per heavy atom. The third kappa shape index (κ3) is 4.31. The average Bonchev–Trinajstić information content (AvgIpc) is 3.03. The Morgan fingerprint density at radius 3 is 2.28 bits per heavy atom. The highest BCUT2D eigenvalue weighted by Crippen LogP contribution is 2.33. The van der Waals surface area contributed by atoms with Gasteiger partial charge < -0.3 is 4.90 Å². The minimum Gasteiger partial charge on any atom is -0.369 e. The second-order valence-electron chi connectivity index (χ2n) is 7.89. The minimum absolute atomic E-state index is 0.0357. The van der Waals surface area contributed by atoms with Crippen molar-refractivity contribution >= 4 is 29.1 Å². The second kappa shape index (κ2) is 8.56. The molecule has 2 amide bonds. The topological polar surface area (TPSA) is 43.9 Å². The van der Waals surface area contributed by atoms with Gasteiger partial charge in [0.25, 0.3) is 0 Å². The molecule has 0 aliphatic carbocycles. The number of amides is 2. The van der Waals surface area contributed by atoms with Crippen LogP contribution in [0, 0.1) is 5.92 Å². The van der Waals surface area contributed by atoms with Crippen LogP contribution in [0.3, 0.4) is 0 Å². The average molecular weight is 412 g/mol. The first-order valence-corrected chi connectivity index (χ1v) is 10.5. The molecule has 6 heteroatoms. The Balaban J connectivity index is 1.34. The fraction of sp³-hybridized carbons (Fsp3) is 0.391. The maximum atomic E-state index is 13.0. The zero-order valence-corrected chi connectivity index (χ0v) is 17.4. The number of likely N-dealkylation sites (tertiary alicyclic amines) is 1. The largest absolute Gasteiger partial charge is 0.369 e. The van der Waals surface area contributed by atoms with Gasteiger partial charge in [0.2, 0.25) is 11.8 Å². The van der Waals surface area contributed by atoms with Gasteiger partial charge in [0, 0.05) is 43.3 Å². The van der Waals surface area contributed by atoms with E-state index in [2.05, 4.69) is 9.80 Å². The summed E-state index contributed by atoms with van der Waals surface area (Å²) < 4.78 is 0. The molecule has 0 N–H and O–H groups in total. The van der Waals surface area contributed by atoms with Gasteiger partial charge in [-0.15, -0.1) is 0 Å². The molecule has 2 aromatic rings. The van der Waals surface area contributed by atoms with Gasteiger partial charge in [-0.25, -0.2) is 0 Å². The molecule has 2 heterocycles. The lowest BCUT2D eigenvalue weighted by Crippen LogP contribution is -2.51. The van der Waals surface area contributed by atoms with E-state index in [1.165, 1.54) is 4.90 Å². The molecule has 0 bridgehead atoms. The number of rotatable bonds is 5. The summed E-state index contributed by atoms with van der Waals surface area (Å²) in [6.45, 7) is 5.80. The van der Waals surface area contributed by atoms with Crippen LogP contribution in [0.5, 0.6) is 0 Å². The molecule has 2 unspecified atom stereocenters. The van der Waals surface area contributed by atoms with E-state index in [-0.39, 0.29) is 23.7 Å². The lowest BCUT2D eigenvalue weighted by atomic mass is 9.86. The molecule has 0 aromatic heterocycles. The van der Waals surface area contributed by atoms with Crippen LogP contribution in [0.4, 0.5) is 5.69 Å². The van der Waals surface area contributed by atoms with Crippen molar-refractivity contribution in [3.05, 3.63) is 65.2 Å². The first-order chi connectivity index (χ1) is 14.0. The van der Waals surface area contributed by atoms with Crippen LogP contribution < -0.4 is 4.90 Å². The summed E-state index contributed by atoms with van der Waals surface area (Å²) in [6.07, 6.45) is 0.305. The van der Waals surface area contributed by atoms with Gasteiger partial charge in [0.15, 0.2) is 0 Å². The summed E-state index contributed by atoms with van der Waals surface area (Å²) in [5, 5.41) is 0.734. The molecule has 2 aliphatic heterocycles. The molecular formula is C23H26ClN3O2. The van der Waals surface area contributed by atoms with Crippen LogP contribution in [0.25, 0.3) is 0 Å². The molecule has 2 atom stereocenters. The van der Waals surface area contributed by atoms with Crippen molar-refractivity contribution in [1.82, 2.24) is 9.80 Å². The van der Waals surface area contributed by atoms with Crippen molar-refractivity contribution in [2.75, 3.05) is 37.7 Å². The number of carbonyl (C=O) groups is 2. The highest BCUT2D eigenvalue weighted by atomic mass is 35.5. The summed E-state index contributed by atoms with van der Waals surface area (Å²) >= 11 is 5.97. The number of anilines is 1. The fourth-order valence-electron chi connectivity index (χ4n) is 4.24. The van der Waals surface area contributed by atoms with Gasteiger partial charge in [-0.3, -0.25) is 19.4 Å². The SMILES string of the molecule is CC(c1ccccc1)C1CC(=O)N(CN2CCN(c3ccc(Cl)cc3)CC2)C1=O. The Hall–Kier alpha value is -2.37. The van der Waals surface area contributed by atoms with E-state index < -0.39 is 0 Å². The van der Waals surface area contributed by atoms with Crippen LogP contribution in [-0.2, 0) is 9.59 Å². The number of benzene rings is 2. The normalized spacial score (nSPS) is 21.7. The first kappa shape index (κ1) is 19.9. The third-order valence-corrected chi connectivity index (χ3v) is 6.37. The monoisotopic (exact) mass is 411 g/mol. The zero-order valence-electron chi connectivity index (χ0n) is 16.6. The molecule has 2 aromatic carbocycles. The Bertz CT molecular complexity index is 863. The van der Waals surface area contributed by atoms with E-state index in [0.29, 0.717) is 13.1 Å². The maximum absolute atomic E-state index is 13.0. The first-order valence-electron chi connectivity index (χ1n) is 10.1. The lowest BCUT2D eigenvalue weighted by Gasteiger charge is -2.37. The van der Waals surface area contributed by atoms with E-state index in [4.69, 9.17) is 11.6 Å². The van der Waals surface area contributed by atoms with Gasteiger partial charge in [0.05, 0.1) is 12.6 Å². The highest BCUT2D eigenvalue weighted by molar-refractivity contribution is 6.30. The third-order valence-electron chi connectivity index (χ3n) is 6.11. The van der Waals surface area contributed by atoms with E-state index in [1.807, 2.05) is 61.5 Å². The molecule has 2 fully saturated rings. The summed E-state index contributed by atoms with van der Waals surface area (Å²) in [5.41, 5.74) is 2.26. The number of hydrogen-bond donors (Lipinski definition) is 0.